The molecule has 3 N–H and O–H groups in total. The van der Waals surface area contributed by atoms with Gasteiger partial charge in [-0.25, -0.2) is 9.59 Å². The average molecular weight is 327 g/mol. The Morgan fingerprint density at radius 3 is 2.55 bits per heavy atom. The molecule has 0 aliphatic carbocycles. The van der Waals surface area contributed by atoms with Crippen LogP contribution in [0.5, 0.6) is 0 Å². The van der Waals surface area contributed by atoms with Crippen molar-refractivity contribution in [1.29, 1.82) is 5.41 Å². The van der Waals surface area contributed by atoms with Crippen LogP contribution in [0.2, 0.25) is 5.02 Å². The lowest BCUT2D eigenvalue weighted by Crippen LogP contribution is -2.33. The highest BCUT2D eigenvalue weighted by molar-refractivity contribution is 6.39. The highest BCUT2D eigenvalue weighted by Crippen LogP contribution is 2.22. The van der Waals surface area contributed by atoms with Crippen molar-refractivity contribution in [1.82, 2.24) is 0 Å². The molecule has 0 aliphatic heterocycles. The molecule has 0 fully saturated rings. The SMILES string of the molecule is CCC(C(=N)C(=O)O)C(=O)Nc1ccc(Cl)cc1C(=O)OC. The van der Waals surface area contributed by atoms with Crippen molar-refractivity contribution in [2.24, 2.45) is 5.92 Å². The van der Waals surface area contributed by atoms with Crippen LogP contribution >= 0.6 is 11.6 Å². The van der Waals surface area contributed by atoms with E-state index in [1.165, 1.54) is 25.3 Å². The number of rotatable bonds is 6. The summed E-state index contributed by atoms with van der Waals surface area (Å²) in [6, 6.07) is 4.20. The van der Waals surface area contributed by atoms with Gasteiger partial charge in [0.1, 0.15) is 5.71 Å². The largest absolute Gasteiger partial charge is 0.477 e. The average Bonchev–Trinajstić information content (AvgIpc) is 2.48. The normalized spacial score (nSPS) is 11.4. The number of hydrogen-bond acceptors (Lipinski definition) is 5. The maximum atomic E-state index is 12.1. The monoisotopic (exact) mass is 326 g/mol. The van der Waals surface area contributed by atoms with Gasteiger partial charge in [-0.15, -0.1) is 0 Å². The van der Waals surface area contributed by atoms with Crippen LogP contribution in [0.15, 0.2) is 18.2 Å². The third-order valence-electron chi connectivity index (χ3n) is 2.95. The predicted octanol–water partition coefficient (Wildman–Crippen LogP) is 2.20. The van der Waals surface area contributed by atoms with Crippen LogP contribution in [0.3, 0.4) is 0 Å². The summed E-state index contributed by atoms with van der Waals surface area (Å²) in [5.74, 6) is -3.98. The van der Waals surface area contributed by atoms with Crippen LogP contribution in [0, 0.1) is 11.3 Å². The maximum absolute atomic E-state index is 12.1. The van der Waals surface area contributed by atoms with Gasteiger partial charge in [-0.1, -0.05) is 18.5 Å². The summed E-state index contributed by atoms with van der Waals surface area (Å²) in [5, 5.41) is 19.0. The molecule has 0 aromatic heterocycles. The molecule has 0 saturated heterocycles. The molecule has 0 saturated carbocycles. The molecule has 118 valence electrons. The molecule has 0 bridgehead atoms. The quantitative estimate of drug-likeness (QED) is 0.547. The van der Waals surface area contributed by atoms with Crippen LogP contribution in [-0.2, 0) is 14.3 Å². The van der Waals surface area contributed by atoms with Crippen molar-refractivity contribution >= 4 is 40.8 Å². The Hall–Kier alpha value is -2.41. The molecule has 0 heterocycles. The second kappa shape index (κ2) is 7.56. The molecule has 1 atom stereocenters. The van der Waals surface area contributed by atoms with Crippen molar-refractivity contribution in [3.8, 4) is 0 Å². The molecular weight excluding hydrogens is 312 g/mol. The topological polar surface area (TPSA) is 117 Å². The van der Waals surface area contributed by atoms with E-state index < -0.39 is 29.5 Å². The van der Waals surface area contributed by atoms with Crippen molar-refractivity contribution in [2.75, 3.05) is 12.4 Å². The van der Waals surface area contributed by atoms with Gasteiger partial charge in [0.05, 0.1) is 24.3 Å². The van der Waals surface area contributed by atoms with Gasteiger partial charge in [-0.05, 0) is 24.6 Å². The Balaban J connectivity index is 3.08. The van der Waals surface area contributed by atoms with Gasteiger partial charge in [-0.2, -0.15) is 0 Å². The Bertz CT molecular complexity index is 630. The zero-order chi connectivity index (χ0) is 16.9. The van der Waals surface area contributed by atoms with E-state index in [9.17, 15) is 14.4 Å². The lowest BCUT2D eigenvalue weighted by atomic mass is 9.99. The summed E-state index contributed by atoms with van der Waals surface area (Å²) in [6.07, 6.45) is 0.137. The molecule has 8 heteroatoms. The zero-order valence-electron chi connectivity index (χ0n) is 12.0. The number of methoxy groups -OCH3 is 1. The lowest BCUT2D eigenvalue weighted by Gasteiger charge is -2.15. The van der Waals surface area contributed by atoms with E-state index >= 15 is 0 Å². The van der Waals surface area contributed by atoms with Gasteiger partial charge < -0.3 is 15.2 Å². The number of ether oxygens (including phenoxy) is 1. The predicted molar refractivity (Wildman–Crippen MR) is 80.6 cm³/mol. The number of carbonyl (C=O) groups excluding carboxylic acids is 2. The molecule has 1 aromatic carbocycles. The van der Waals surface area contributed by atoms with Crippen LogP contribution in [0.1, 0.15) is 23.7 Å². The summed E-state index contributed by atoms with van der Waals surface area (Å²) in [4.78, 5) is 34.6. The van der Waals surface area contributed by atoms with Crippen LogP contribution in [0.4, 0.5) is 5.69 Å². The Morgan fingerprint density at radius 2 is 2.05 bits per heavy atom. The van der Waals surface area contributed by atoms with Gasteiger partial charge in [0.2, 0.25) is 5.91 Å². The van der Waals surface area contributed by atoms with Crippen molar-refractivity contribution < 1.29 is 24.2 Å². The number of carboxylic acids is 1. The minimum Gasteiger partial charge on any atom is -0.477 e. The molecule has 1 amide bonds. The highest BCUT2D eigenvalue weighted by atomic mass is 35.5. The molecule has 7 nitrogen and oxygen atoms in total. The number of aliphatic carboxylic acids is 1. The zero-order valence-corrected chi connectivity index (χ0v) is 12.7. The summed E-state index contributed by atoms with van der Waals surface area (Å²) >= 11 is 5.80. The molecule has 1 aromatic rings. The number of benzene rings is 1. The van der Waals surface area contributed by atoms with E-state index in [2.05, 4.69) is 10.1 Å². The number of amides is 1. The number of halogens is 1. The first-order valence-corrected chi connectivity index (χ1v) is 6.70. The summed E-state index contributed by atoms with van der Waals surface area (Å²) in [5.41, 5.74) is -0.536. The number of carbonyl (C=O) groups is 3. The molecule has 0 aliphatic rings. The van der Waals surface area contributed by atoms with Gasteiger partial charge in [0, 0.05) is 5.02 Å². The van der Waals surface area contributed by atoms with E-state index in [4.69, 9.17) is 22.1 Å². The van der Waals surface area contributed by atoms with E-state index in [1.807, 2.05) is 0 Å². The Labute approximate surface area is 131 Å². The molecular formula is C14H15ClN2O5. The molecule has 1 rings (SSSR count). The number of anilines is 1. The minimum absolute atomic E-state index is 0.0417. The third-order valence-corrected chi connectivity index (χ3v) is 3.18. The van der Waals surface area contributed by atoms with Crippen molar-refractivity contribution in [3.05, 3.63) is 28.8 Å². The first kappa shape index (κ1) is 17.6. The smallest absolute Gasteiger partial charge is 0.350 e. The second-order valence-corrected chi connectivity index (χ2v) is 4.79. The highest BCUT2D eigenvalue weighted by Gasteiger charge is 2.27. The molecule has 1 unspecified atom stereocenters. The Morgan fingerprint density at radius 1 is 1.41 bits per heavy atom. The van der Waals surface area contributed by atoms with Gasteiger partial charge in [-0.3, -0.25) is 10.2 Å². The summed E-state index contributed by atoms with van der Waals surface area (Å²) < 4.78 is 4.60. The Kier molecular flexibility index (Phi) is 6.06. The summed E-state index contributed by atoms with van der Waals surface area (Å²) in [6.45, 7) is 1.59. The van der Waals surface area contributed by atoms with Crippen LogP contribution in [-0.4, -0.2) is 35.8 Å². The van der Waals surface area contributed by atoms with E-state index in [1.54, 1.807) is 6.92 Å². The molecule has 0 radical (unpaired) electrons. The number of nitrogens with one attached hydrogen (secondary N) is 2. The third kappa shape index (κ3) is 4.05. The lowest BCUT2D eigenvalue weighted by molar-refractivity contribution is -0.130. The van der Waals surface area contributed by atoms with Crippen LogP contribution in [0.25, 0.3) is 0 Å². The van der Waals surface area contributed by atoms with E-state index in [-0.39, 0.29) is 22.7 Å². The molecule has 0 spiro atoms. The maximum Gasteiger partial charge on any atom is 0.350 e. The number of carboxylic acid groups (broad SMARTS) is 1. The minimum atomic E-state index is -1.47. The van der Waals surface area contributed by atoms with Crippen molar-refractivity contribution in [3.63, 3.8) is 0 Å². The van der Waals surface area contributed by atoms with E-state index in [0.717, 1.165) is 0 Å². The first-order chi connectivity index (χ1) is 10.3. The van der Waals surface area contributed by atoms with Crippen molar-refractivity contribution in [2.45, 2.75) is 13.3 Å². The van der Waals surface area contributed by atoms with Gasteiger partial charge >= 0.3 is 11.9 Å². The number of hydrogen-bond donors (Lipinski definition) is 3. The van der Waals surface area contributed by atoms with Gasteiger partial charge in [0.15, 0.2) is 0 Å². The fourth-order valence-corrected chi connectivity index (χ4v) is 1.97. The summed E-state index contributed by atoms with van der Waals surface area (Å²) in [7, 11) is 1.18. The van der Waals surface area contributed by atoms with E-state index in [0.29, 0.717) is 0 Å². The fraction of sp³-hybridized carbons (Fsp3) is 0.286. The fourth-order valence-electron chi connectivity index (χ4n) is 1.79. The second-order valence-electron chi connectivity index (χ2n) is 4.35. The standard InChI is InChI=1S/C14H15ClN2O5/c1-3-8(11(16)13(19)20)12(18)17-10-5-4-7(15)6-9(10)14(21)22-2/h4-6,8,16H,3H2,1-2H3,(H,17,18)(H,19,20). The first-order valence-electron chi connectivity index (χ1n) is 6.32. The van der Waals surface area contributed by atoms with Gasteiger partial charge in [0.25, 0.3) is 0 Å². The van der Waals surface area contributed by atoms with Crippen LogP contribution < -0.4 is 5.32 Å². The molecule has 22 heavy (non-hydrogen) atoms. The number of esters is 1.